The van der Waals surface area contributed by atoms with Crippen LogP contribution in [0.15, 0.2) is 23.0 Å². The Bertz CT molecular complexity index is 731. The highest BCUT2D eigenvalue weighted by molar-refractivity contribution is 5.79. The van der Waals surface area contributed by atoms with Crippen LogP contribution in [0.25, 0.3) is 11.4 Å². The standard InChI is InChI=1S/C13H10F4N4O2/c14-9-1-7(3-18-4-9)11-19-12(23-20-11)8-2-10(22)21(5-8)6-13(15,16)17/h1,3-4,8H,2,5-6H2. The molecular weight excluding hydrogens is 320 g/mol. The van der Waals surface area contributed by atoms with E-state index in [1.165, 1.54) is 6.20 Å². The maximum Gasteiger partial charge on any atom is 0.406 e. The zero-order valence-corrected chi connectivity index (χ0v) is 11.5. The molecule has 0 saturated carbocycles. The van der Waals surface area contributed by atoms with E-state index in [0.29, 0.717) is 4.90 Å². The van der Waals surface area contributed by atoms with Crippen molar-refractivity contribution < 1.29 is 26.9 Å². The number of hydrogen-bond donors (Lipinski definition) is 0. The Labute approximate surface area is 127 Å². The molecule has 0 N–H and O–H groups in total. The number of aromatic nitrogens is 3. The van der Waals surface area contributed by atoms with E-state index in [4.69, 9.17) is 4.52 Å². The molecule has 2 aromatic heterocycles. The summed E-state index contributed by atoms with van der Waals surface area (Å²) in [7, 11) is 0. The number of carbonyl (C=O) groups excluding carboxylic acids is 1. The van der Waals surface area contributed by atoms with Gasteiger partial charge in [0, 0.05) is 24.7 Å². The van der Waals surface area contributed by atoms with E-state index < -0.39 is 30.4 Å². The highest BCUT2D eigenvalue weighted by Gasteiger charge is 2.40. The zero-order valence-electron chi connectivity index (χ0n) is 11.5. The van der Waals surface area contributed by atoms with E-state index in [0.717, 1.165) is 12.3 Å². The number of rotatable bonds is 3. The Morgan fingerprint density at radius 1 is 1.35 bits per heavy atom. The molecule has 0 aliphatic carbocycles. The Kier molecular flexibility index (Phi) is 3.74. The molecule has 1 aliphatic heterocycles. The molecule has 2 aromatic rings. The van der Waals surface area contributed by atoms with Crippen molar-refractivity contribution in [2.45, 2.75) is 18.5 Å². The molecule has 1 amide bonds. The summed E-state index contributed by atoms with van der Waals surface area (Å²) in [5.74, 6) is -1.72. The zero-order chi connectivity index (χ0) is 16.6. The molecule has 23 heavy (non-hydrogen) atoms. The SMILES string of the molecule is O=C1CC(c2nc(-c3cncc(F)c3)no2)CN1CC(F)(F)F. The van der Waals surface area contributed by atoms with Gasteiger partial charge in [0.1, 0.15) is 12.4 Å². The topological polar surface area (TPSA) is 72.1 Å². The molecule has 3 heterocycles. The first kappa shape index (κ1) is 15.4. The number of amides is 1. The fourth-order valence-electron chi connectivity index (χ4n) is 2.36. The molecule has 0 radical (unpaired) electrons. The number of hydrogen-bond acceptors (Lipinski definition) is 5. The summed E-state index contributed by atoms with van der Waals surface area (Å²) < 4.78 is 55.3. The number of nitrogens with zero attached hydrogens (tertiary/aromatic N) is 4. The molecule has 3 rings (SSSR count). The normalized spacial score (nSPS) is 18.7. The van der Waals surface area contributed by atoms with Crippen LogP contribution in [0.1, 0.15) is 18.2 Å². The minimum atomic E-state index is -4.46. The summed E-state index contributed by atoms with van der Waals surface area (Å²) in [4.78, 5) is 20.0. The number of alkyl halides is 3. The fraction of sp³-hybridized carbons (Fsp3) is 0.385. The number of likely N-dealkylation sites (tertiary alicyclic amines) is 1. The van der Waals surface area contributed by atoms with Crippen molar-refractivity contribution in [2.75, 3.05) is 13.1 Å². The molecule has 0 aromatic carbocycles. The lowest BCUT2D eigenvalue weighted by atomic mass is 10.1. The fourth-order valence-corrected chi connectivity index (χ4v) is 2.36. The van der Waals surface area contributed by atoms with Gasteiger partial charge in [-0.3, -0.25) is 9.78 Å². The minimum absolute atomic E-state index is 0.0438. The van der Waals surface area contributed by atoms with Gasteiger partial charge in [0.15, 0.2) is 0 Å². The second-order valence-electron chi connectivity index (χ2n) is 5.14. The average molecular weight is 330 g/mol. The summed E-state index contributed by atoms with van der Waals surface area (Å²) in [6, 6.07) is 1.15. The second-order valence-corrected chi connectivity index (χ2v) is 5.14. The van der Waals surface area contributed by atoms with Crippen LogP contribution in [0.3, 0.4) is 0 Å². The number of carbonyl (C=O) groups is 1. The van der Waals surface area contributed by atoms with Gasteiger partial charge in [0.05, 0.1) is 12.1 Å². The lowest BCUT2D eigenvalue weighted by Gasteiger charge is -2.17. The summed E-state index contributed by atoms with van der Waals surface area (Å²) >= 11 is 0. The van der Waals surface area contributed by atoms with Gasteiger partial charge in [0.25, 0.3) is 0 Å². The minimum Gasteiger partial charge on any atom is -0.339 e. The van der Waals surface area contributed by atoms with E-state index >= 15 is 0 Å². The van der Waals surface area contributed by atoms with Crippen molar-refractivity contribution in [1.82, 2.24) is 20.0 Å². The van der Waals surface area contributed by atoms with Crippen molar-refractivity contribution in [3.63, 3.8) is 0 Å². The van der Waals surface area contributed by atoms with Crippen LogP contribution in [0.4, 0.5) is 17.6 Å². The molecule has 10 heteroatoms. The summed E-state index contributed by atoms with van der Waals surface area (Å²) in [6.45, 7) is -1.46. The highest BCUT2D eigenvalue weighted by atomic mass is 19.4. The van der Waals surface area contributed by atoms with Crippen molar-refractivity contribution in [3.05, 3.63) is 30.2 Å². The van der Waals surface area contributed by atoms with Gasteiger partial charge in [-0.1, -0.05) is 5.16 Å². The summed E-state index contributed by atoms with van der Waals surface area (Å²) in [5.41, 5.74) is 0.275. The second kappa shape index (κ2) is 5.60. The molecular formula is C13H10F4N4O2. The largest absolute Gasteiger partial charge is 0.406 e. The van der Waals surface area contributed by atoms with E-state index in [1.807, 2.05) is 0 Å². The van der Waals surface area contributed by atoms with Crippen molar-refractivity contribution in [3.8, 4) is 11.4 Å². The number of pyridine rings is 1. The van der Waals surface area contributed by atoms with Crippen LogP contribution in [0.5, 0.6) is 0 Å². The third-order valence-electron chi connectivity index (χ3n) is 3.34. The first-order valence-electron chi connectivity index (χ1n) is 6.61. The lowest BCUT2D eigenvalue weighted by Crippen LogP contribution is -2.35. The van der Waals surface area contributed by atoms with Gasteiger partial charge in [0.2, 0.25) is 17.6 Å². The Morgan fingerprint density at radius 3 is 2.83 bits per heavy atom. The van der Waals surface area contributed by atoms with Crippen LogP contribution < -0.4 is 0 Å². The van der Waals surface area contributed by atoms with Crippen molar-refractivity contribution >= 4 is 5.91 Å². The molecule has 1 saturated heterocycles. The highest BCUT2D eigenvalue weighted by Crippen LogP contribution is 2.30. The maximum atomic E-state index is 13.1. The number of halogens is 4. The van der Waals surface area contributed by atoms with Crippen molar-refractivity contribution in [2.24, 2.45) is 0 Å². The first-order chi connectivity index (χ1) is 10.8. The van der Waals surface area contributed by atoms with Crippen LogP contribution in [-0.4, -0.2) is 45.2 Å². The Hall–Kier alpha value is -2.52. The quantitative estimate of drug-likeness (QED) is 0.807. The monoisotopic (exact) mass is 330 g/mol. The first-order valence-corrected chi connectivity index (χ1v) is 6.61. The van der Waals surface area contributed by atoms with Crippen LogP contribution in [-0.2, 0) is 4.79 Å². The van der Waals surface area contributed by atoms with Gasteiger partial charge < -0.3 is 9.42 Å². The molecule has 1 atom stereocenters. The maximum absolute atomic E-state index is 13.1. The smallest absolute Gasteiger partial charge is 0.339 e. The molecule has 1 unspecified atom stereocenters. The Balaban J connectivity index is 1.75. The van der Waals surface area contributed by atoms with Gasteiger partial charge in [-0.05, 0) is 6.07 Å². The van der Waals surface area contributed by atoms with Crippen LogP contribution in [0.2, 0.25) is 0 Å². The van der Waals surface area contributed by atoms with E-state index in [2.05, 4.69) is 15.1 Å². The van der Waals surface area contributed by atoms with E-state index in [1.54, 1.807) is 0 Å². The third kappa shape index (κ3) is 3.46. The van der Waals surface area contributed by atoms with Crippen molar-refractivity contribution in [1.29, 1.82) is 0 Å². The third-order valence-corrected chi connectivity index (χ3v) is 3.34. The van der Waals surface area contributed by atoms with Crippen LogP contribution in [0, 0.1) is 5.82 Å². The van der Waals surface area contributed by atoms with Gasteiger partial charge >= 0.3 is 6.18 Å². The van der Waals surface area contributed by atoms with Crippen LogP contribution >= 0.6 is 0 Å². The van der Waals surface area contributed by atoms with Gasteiger partial charge in [-0.25, -0.2) is 4.39 Å². The molecule has 1 aliphatic rings. The van der Waals surface area contributed by atoms with E-state index in [-0.39, 0.29) is 30.2 Å². The van der Waals surface area contributed by atoms with E-state index in [9.17, 15) is 22.4 Å². The molecule has 0 spiro atoms. The predicted octanol–water partition coefficient (Wildman–Crippen LogP) is 2.15. The lowest BCUT2D eigenvalue weighted by molar-refractivity contribution is -0.157. The average Bonchev–Trinajstić information content (AvgIpc) is 3.05. The van der Waals surface area contributed by atoms with Gasteiger partial charge in [-0.2, -0.15) is 18.2 Å². The molecule has 0 bridgehead atoms. The molecule has 122 valence electrons. The molecule has 1 fully saturated rings. The summed E-state index contributed by atoms with van der Waals surface area (Å²) in [5, 5.41) is 3.65. The van der Waals surface area contributed by atoms with Gasteiger partial charge in [-0.15, -0.1) is 0 Å². The predicted molar refractivity (Wildman–Crippen MR) is 67.5 cm³/mol. The summed E-state index contributed by atoms with van der Waals surface area (Å²) in [6.07, 6.45) is -2.26. The Morgan fingerprint density at radius 2 is 2.13 bits per heavy atom. The molecule has 6 nitrogen and oxygen atoms in total.